The van der Waals surface area contributed by atoms with E-state index >= 15 is 0 Å². The average molecular weight is 418 g/mol. The highest BCUT2D eigenvalue weighted by Crippen LogP contribution is 2.26. The van der Waals surface area contributed by atoms with E-state index in [2.05, 4.69) is 15.9 Å². The minimum absolute atomic E-state index is 0.00351. The van der Waals surface area contributed by atoms with Crippen molar-refractivity contribution in [1.29, 1.82) is 5.26 Å². The molecule has 2 aromatic rings. The Labute approximate surface area is 157 Å². The molecule has 0 radical (unpaired) electrons. The lowest BCUT2D eigenvalue weighted by Gasteiger charge is -2.10. The molecule has 126 valence electrons. The third-order valence-corrected chi connectivity index (χ3v) is 3.91. The van der Waals surface area contributed by atoms with Crippen LogP contribution in [-0.4, -0.2) is 9.91 Å². The molecule has 0 saturated heterocycles. The van der Waals surface area contributed by atoms with E-state index in [-0.39, 0.29) is 22.9 Å². The molecule has 0 spiro atoms. The molecule has 0 aliphatic heterocycles. The molecule has 25 heavy (non-hydrogen) atoms. The number of thiocarbonyl (C=S) groups is 1. The minimum atomic E-state index is -0.457. The van der Waals surface area contributed by atoms with Crippen LogP contribution in [0.5, 0.6) is 5.75 Å². The van der Waals surface area contributed by atoms with Gasteiger partial charge in [0.25, 0.3) is 5.69 Å². The number of nitriles is 1. The molecule has 0 aromatic heterocycles. The number of benzene rings is 2. The summed E-state index contributed by atoms with van der Waals surface area (Å²) in [5, 5.41) is 19.8. The number of nitro groups is 1. The summed E-state index contributed by atoms with van der Waals surface area (Å²) in [5.41, 5.74) is 7.13. The van der Waals surface area contributed by atoms with Gasteiger partial charge in [-0.05, 0) is 42.0 Å². The highest BCUT2D eigenvalue weighted by molar-refractivity contribution is 9.10. The van der Waals surface area contributed by atoms with Gasteiger partial charge in [0.05, 0.1) is 10.5 Å². The number of hydrogen-bond acceptors (Lipinski definition) is 5. The molecule has 0 saturated carbocycles. The predicted octanol–water partition coefficient (Wildman–Crippen LogP) is 4.13. The molecule has 0 atom stereocenters. The van der Waals surface area contributed by atoms with Crippen LogP contribution in [-0.2, 0) is 6.61 Å². The number of hydrogen-bond donors (Lipinski definition) is 1. The number of halogens is 1. The van der Waals surface area contributed by atoms with Crippen molar-refractivity contribution in [3.05, 3.63) is 73.8 Å². The SMILES string of the molecule is N#CC(=Cc1cc(Br)ccc1OCc1ccc([N+](=O)[O-])cc1)C(N)=S. The number of nitrogens with zero attached hydrogens (tertiary/aromatic N) is 2. The van der Waals surface area contributed by atoms with Crippen molar-refractivity contribution in [2.24, 2.45) is 5.73 Å². The molecule has 6 nitrogen and oxygen atoms in total. The van der Waals surface area contributed by atoms with Crippen molar-refractivity contribution >= 4 is 44.9 Å². The van der Waals surface area contributed by atoms with Crippen molar-refractivity contribution < 1.29 is 9.66 Å². The van der Waals surface area contributed by atoms with Crippen molar-refractivity contribution in [1.82, 2.24) is 0 Å². The quantitative estimate of drug-likeness (QED) is 0.249. The molecule has 0 heterocycles. The number of ether oxygens (including phenoxy) is 1. The van der Waals surface area contributed by atoms with E-state index in [9.17, 15) is 10.1 Å². The van der Waals surface area contributed by atoms with Gasteiger partial charge >= 0.3 is 0 Å². The zero-order valence-corrected chi connectivity index (χ0v) is 15.2. The Kier molecular flexibility index (Phi) is 6.22. The largest absolute Gasteiger partial charge is 0.488 e. The fourth-order valence-electron chi connectivity index (χ4n) is 1.95. The van der Waals surface area contributed by atoms with Gasteiger partial charge < -0.3 is 10.5 Å². The Hall–Kier alpha value is -2.76. The molecule has 8 heteroatoms. The second kappa shape index (κ2) is 8.37. The molecule has 2 aromatic carbocycles. The zero-order valence-electron chi connectivity index (χ0n) is 12.8. The van der Waals surface area contributed by atoms with E-state index in [0.717, 1.165) is 10.0 Å². The fourth-order valence-corrected chi connectivity index (χ4v) is 2.44. The lowest BCUT2D eigenvalue weighted by Crippen LogP contribution is -2.09. The minimum Gasteiger partial charge on any atom is -0.488 e. The molecule has 0 amide bonds. The lowest BCUT2D eigenvalue weighted by molar-refractivity contribution is -0.384. The first-order chi connectivity index (χ1) is 11.9. The van der Waals surface area contributed by atoms with Gasteiger partial charge in [0.15, 0.2) is 0 Å². The van der Waals surface area contributed by atoms with E-state index in [4.69, 9.17) is 28.0 Å². The van der Waals surface area contributed by atoms with Gasteiger partial charge in [-0.15, -0.1) is 0 Å². The van der Waals surface area contributed by atoms with Gasteiger partial charge in [0.1, 0.15) is 23.4 Å². The fraction of sp³-hybridized carbons (Fsp3) is 0.0588. The third-order valence-electron chi connectivity index (χ3n) is 3.20. The number of nitrogens with two attached hydrogens (primary N) is 1. The maximum absolute atomic E-state index is 10.7. The average Bonchev–Trinajstić information content (AvgIpc) is 2.58. The molecule has 0 aliphatic carbocycles. The monoisotopic (exact) mass is 417 g/mol. The summed E-state index contributed by atoms with van der Waals surface area (Å²) in [6.07, 6.45) is 1.55. The van der Waals surface area contributed by atoms with E-state index in [1.165, 1.54) is 12.1 Å². The predicted molar refractivity (Wildman–Crippen MR) is 102 cm³/mol. The summed E-state index contributed by atoms with van der Waals surface area (Å²) in [6, 6.07) is 13.4. The van der Waals surface area contributed by atoms with Gasteiger partial charge in [0, 0.05) is 22.2 Å². The van der Waals surface area contributed by atoms with Crippen molar-refractivity contribution in [3.63, 3.8) is 0 Å². The molecule has 0 aliphatic rings. The van der Waals surface area contributed by atoms with Gasteiger partial charge in [-0.2, -0.15) is 5.26 Å². The van der Waals surface area contributed by atoms with E-state index in [1.807, 2.05) is 6.07 Å². The highest BCUT2D eigenvalue weighted by atomic mass is 79.9. The number of non-ortho nitro benzene ring substituents is 1. The molecule has 2 N–H and O–H groups in total. The maximum Gasteiger partial charge on any atom is 0.269 e. The number of rotatable bonds is 6. The Morgan fingerprint density at radius 3 is 2.60 bits per heavy atom. The normalized spacial score (nSPS) is 10.8. The standard InChI is InChI=1S/C17H12BrN3O3S/c18-14-3-6-16(12(8-14)7-13(9-19)17(20)25)24-10-11-1-4-15(5-2-11)21(22)23/h1-8H,10H2,(H2,20,25). The lowest BCUT2D eigenvalue weighted by atomic mass is 10.1. The first-order valence-corrected chi connectivity index (χ1v) is 8.18. The topological polar surface area (TPSA) is 102 Å². The van der Waals surface area contributed by atoms with E-state index in [0.29, 0.717) is 11.3 Å². The van der Waals surface area contributed by atoms with Crippen LogP contribution in [0.25, 0.3) is 6.08 Å². The van der Waals surface area contributed by atoms with Crippen molar-refractivity contribution in [2.45, 2.75) is 6.61 Å². The third kappa shape index (κ3) is 5.11. The summed E-state index contributed by atoms with van der Waals surface area (Å²) in [4.78, 5) is 10.2. The summed E-state index contributed by atoms with van der Waals surface area (Å²) < 4.78 is 6.58. The second-order valence-electron chi connectivity index (χ2n) is 4.93. The Morgan fingerprint density at radius 1 is 1.36 bits per heavy atom. The molecule has 0 unspecified atom stereocenters. The first kappa shape index (κ1) is 18.6. The van der Waals surface area contributed by atoms with Gasteiger partial charge in [-0.3, -0.25) is 10.1 Å². The Morgan fingerprint density at radius 2 is 2.04 bits per heavy atom. The summed E-state index contributed by atoms with van der Waals surface area (Å²) >= 11 is 8.21. The van der Waals surface area contributed by atoms with Crippen LogP contribution in [0.1, 0.15) is 11.1 Å². The van der Waals surface area contributed by atoms with E-state index in [1.54, 1.807) is 36.4 Å². The van der Waals surface area contributed by atoms with Gasteiger partial charge in [-0.25, -0.2) is 0 Å². The van der Waals surface area contributed by atoms with Gasteiger partial charge in [-0.1, -0.05) is 28.1 Å². The maximum atomic E-state index is 10.7. The smallest absolute Gasteiger partial charge is 0.269 e. The van der Waals surface area contributed by atoms with Crippen LogP contribution >= 0.6 is 28.1 Å². The molecule has 0 fully saturated rings. The summed E-state index contributed by atoms with van der Waals surface area (Å²) in [6.45, 7) is 0.218. The molecule has 2 rings (SSSR count). The van der Waals surface area contributed by atoms with Crippen LogP contribution in [0.3, 0.4) is 0 Å². The van der Waals surface area contributed by atoms with Crippen LogP contribution in [0.4, 0.5) is 5.69 Å². The molecular formula is C17H12BrN3O3S. The van der Waals surface area contributed by atoms with Crippen LogP contribution in [0.15, 0.2) is 52.5 Å². The van der Waals surface area contributed by atoms with Crippen LogP contribution in [0, 0.1) is 21.4 Å². The first-order valence-electron chi connectivity index (χ1n) is 6.98. The summed E-state index contributed by atoms with van der Waals surface area (Å²) in [5.74, 6) is 0.533. The highest BCUT2D eigenvalue weighted by Gasteiger charge is 2.08. The Balaban J connectivity index is 2.23. The van der Waals surface area contributed by atoms with Crippen LogP contribution < -0.4 is 10.5 Å². The van der Waals surface area contributed by atoms with Gasteiger partial charge in [0.2, 0.25) is 0 Å². The molecular weight excluding hydrogens is 406 g/mol. The number of nitro benzene ring substituents is 1. The Bertz CT molecular complexity index is 889. The second-order valence-corrected chi connectivity index (χ2v) is 6.28. The van der Waals surface area contributed by atoms with Crippen LogP contribution in [0.2, 0.25) is 0 Å². The molecule has 0 bridgehead atoms. The van der Waals surface area contributed by atoms with Crippen molar-refractivity contribution in [2.75, 3.05) is 0 Å². The zero-order chi connectivity index (χ0) is 18.4. The van der Waals surface area contributed by atoms with E-state index < -0.39 is 4.92 Å². The summed E-state index contributed by atoms with van der Waals surface area (Å²) in [7, 11) is 0. The van der Waals surface area contributed by atoms with Crippen molar-refractivity contribution in [3.8, 4) is 11.8 Å².